The first-order valence-electron chi connectivity index (χ1n) is 6.63. The molecule has 1 atom stereocenters. The molecular formula is C15H20N2S. The molecule has 0 aliphatic carbocycles. The van der Waals surface area contributed by atoms with Crippen LogP contribution in [0.5, 0.6) is 0 Å². The highest BCUT2D eigenvalue weighted by Gasteiger charge is 2.16. The molecule has 0 radical (unpaired) electrons. The lowest BCUT2D eigenvalue weighted by Gasteiger charge is -2.24. The van der Waals surface area contributed by atoms with Crippen LogP contribution in [0.15, 0.2) is 30.3 Å². The molecule has 1 aromatic rings. The maximum absolute atomic E-state index is 8.94. The van der Waals surface area contributed by atoms with Crippen molar-refractivity contribution in [2.24, 2.45) is 5.92 Å². The standard InChI is InChI=1S/C15H20N2S/c16-9-6-15(14-4-2-1-3-5-14)17-12-13-7-10-18-11-8-13/h1-5,13,15,17H,6-8,10-12H2. The number of nitrogens with zero attached hydrogens (tertiary/aromatic N) is 1. The Morgan fingerprint density at radius 2 is 2.00 bits per heavy atom. The van der Waals surface area contributed by atoms with Crippen LogP contribution in [0.3, 0.4) is 0 Å². The van der Waals surface area contributed by atoms with Crippen molar-refractivity contribution in [2.45, 2.75) is 25.3 Å². The molecule has 1 unspecified atom stereocenters. The van der Waals surface area contributed by atoms with Gasteiger partial charge < -0.3 is 5.32 Å². The second kappa shape index (κ2) is 7.45. The van der Waals surface area contributed by atoms with Crippen LogP contribution in [0.1, 0.15) is 30.9 Å². The summed E-state index contributed by atoms with van der Waals surface area (Å²) < 4.78 is 0. The highest BCUT2D eigenvalue weighted by atomic mass is 32.2. The van der Waals surface area contributed by atoms with E-state index in [2.05, 4.69) is 35.3 Å². The fourth-order valence-electron chi connectivity index (χ4n) is 2.34. The van der Waals surface area contributed by atoms with Gasteiger partial charge in [0.2, 0.25) is 0 Å². The first-order valence-corrected chi connectivity index (χ1v) is 7.78. The van der Waals surface area contributed by atoms with E-state index in [4.69, 9.17) is 5.26 Å². The van der Waals surface area contributed by atoms with Crippen molar-refractivity contribution in [1.82, 2.24) is 5.32 Å². The van der Waals surface area contributed by atoms with Crippen LogP contribution < -0.4 is 5.32 Å². The van der Waals surface area contributed by atoms with Gasteiger partial charge in [0.15, 0.2) is 0 Å². The van der Waals surface area contributed by atoms with Gasteiger partial charge >= 0.3 is 0 Å². The van der Waals surface area contributed by atoms with Crippen molar-refractivity contribution in [2.75, 3.05) is 18.1 Å². The van der Waals surface area contributed by atoms with E-state index >= 15 is 0 Å². The van der Waals surface area contributed by atoms with Gasteiger partial charge in [-0.05, 0) is 42.4 Å². The van der Waals surface area contributed by atoms with Gasteiger partial charge in [-0.2, -0.15) is 17.0 Å². The Hall–Kier alpha value is -0.980. The highest BCUT2D eigenvalue weighted by Crippen LogP contribution is 2.23. The summed E-state index contributed by atoms with van der Waals surface area (Å²) in [6.07, 6.45) is 3.17. The summed E-state index contributed by atoms with van der Waals surface area (Å²) in [5.41, 5.74) is 1.23. The largest absolute Gasteiger partial charge is 0.309 e. The van der Waals surface area contributed by atoms with Gasteiger partial charge in [0.1, 0.15) is 0 Å². The normalized spacial score (nSPS) is 18.2. The quantitative estimate of drug-likeness (QED) is 0.881. The maximum atomic E-state index is 8.94. The molecule has 0 aromatic heterocycles. The summed E-state index contributed by atoms with van der Waals surface area (Å²) in [4.78, 5) is 0. The Labute approximate surface area is 114 Å². The van der Waals surface area contributed by atoms with Crippen molar-refractivity contribution in [3.63, 3.8) is 0 Å². The molecule has 0 bridgehead atoms. The molecule has 96 valence electrons. The summed E-state index contributed by atoms with van der Waals surface area (Å²) in [5, 5.41) is 12.5. The lowest BCUT2D eigenvalue weighted by atomic mass is 10.00. The summed E-state index contributed by atoms with van der Waals surface area (Å²) in [7, 11) is 0. The Kier molecular flexibility index (Phi) is 5.57. The van der Waals surface area contributed by atoms with E-state index in [1.54, 1.807) is 0 Å². The zero-order valence-electron chi connectivity index (χ0n) is 10.6. The summed E-state index contributed by atoms with van der Waals surface area (Å²) >= 11 is 2.06. The van der Waals surface area contributed by atoms with Crippen LogP contribution in [0.25, 0.3) is 0 Å². The summed E-state index contributed by atoms with van der Waals surface area (Å²) in [6.45, 7) is 1.04. The Balaban J connectivity index is 1.88. The van der Waals surface area contributed by atoms with E-state index < -0.39 is 0 Å². The maximum Gasteiger partial charge on any atom is 0.0641 e. The summed E-state index contributed by atoms with van der Waals surface area (Å²) in [5.74, 6) is 3.37. The zero-order valence-corrected chi connectivity index (χ0v) is 11.5. The van der Waals surface area contributed by atoms with E-state index in [0.29, 0.717) is 6.42 Å². The number of nitrogens with one attached hydrogen (secondary N) is 1. The number of rotatable bonds is 5. The van der Waals surface area contributed by atoms with Crippen molar-refractivity contribution in [3.8, 4) is 6.07 Å². The minimum Gasteiger partial charge on any atom is -0.309 e. The van der Waals surface area contributed by atoms with Gasteiger partial charge in [-0.3, -0.25) is 0 Å². The van der Waals surface area contributed by atoms with Crippen LogP contribution >= 0.6 is 11.8 Å². The number of hydrogen-bond acceptors (Lipinski definition) is 3. The third-order valence-electron chi connectivity index (χ3n) is 3.49. The van der Waals surface area contributed by atoms with Crippen LogP contribution in [0.2, 0.25) is 0 Å². The molecule has 1 heterocycles. The van der Waals surface area contributed by atoms with E-state index in [9.17, 15) is 0 Å². The lowest BCUT2D eigenvalue weighted by Crippen LogP contribution is -2.29. The van der Waals surface area contributed by atoms with Crippen molar-refractivity contribution in [1.29, 1.82) is 5.26 Å². The first-order chi connectivity index (χ1) is 8.90. The molecule has 18 heavy (non-hydrogen) atoms. The smallest absolute Gasteiger partial charge is 0.0641 e. The molecule has 1 saturated heterocycles. The lowest BCUT2D eigenvalue weighted by molar-refractivity contribution is 0.412. The molecule has 1 N–H and O–H groups in total. The van der Waals surface area contributed by atoms with Crippen LogP contribution in [0, 0.1) is 17.2 Å². The molecule has 1 aliphatic heterocycles. The van der Waals surface area contributed by atoms with Gasteiger partial charge in [-0.15, -0.1) is 0 Å². The van der Waals surface area contributed by atoms with Gasteiger partial charge in [-0.25, -0.2) is 0 Å². The number of hydrogen-bond donors (Lipinski definition) is 1. The zero-order chi connectivity index (χ0) is 12.6. The van der Waals surface area contributed by atoms with Crippen LogP contribution in [-0.2, 0) is 0 Å². The average molecular weight is 260 g/mol. The number of thioether (sulfide) groups is 1. The van der Waals surface area contributed by atoms with Gasteiger partial charge in [-0.1, -0.05) is 30.3 Å². The van der Waals surface area contributed by atoms with Crippen molar-refractivity contribution < 1.29 is 0 Å². The monoisotopic (exact) mass is 260 g/mol. The van der Waals surface area contributed by atoms with Crippen molar-refractivity contribution >= 4 is 11.8 Å². The van der Waals surface area contributed by atoms with Crippen molar-refractivity contribution in [3.05, 3.63) is 35.9 Å². The Bertz CT molecular complexity index is 379. The highest BCUT2D eigenvalue weighted by molar-refractivity contribution is 7.99. The minimum absolute atomic E-state index is 0.186. The van der Waals surface area contributed by atoms with E-state index in [0.717, 1.165) is 12.5 Å². The average Bonchev–Trinajstić information content (AvgIpc) is 2.45. The molecule has 0 spiro atoms. The van der Waals surface area contributed by atoms with Gasteiger partial charge in [0.25, 0.3) is 0 Å². The Morgan fingerprint density at radius 3 is 2.67 bits per heavy atom. The molecule has 2 nitrogen and oxygen atoms in total. The minimum atomic E-state index is 0.186. The van der Waals surface area contributed by atoms with E-state index in [1.165, 1.54) is 29.9 Å². The number of benzene rings is 1. The van der Waals surface area contributed by atoms with Gasteiger partial charge in [0.05, 0.1) is 12.5 Å². The third-order valence-corrected chi connectivity index (χ3v) is 4.54. The van der Waals surface area contributed by atoms with Crippen LogP contribution in [0.4, 0.5) is 0 Å². The fraction of sp³-hybridized carbons (Fsp3) is 0.533. The Morgan fingerprint density at radius 1 is 1.28 bits per heavy atom. The molecule has 1 fully saturated rings. The topological polar surface area (TPSA) is 35.8 Å². The first kappa shape index (κ1) is 13.5. The fourth-order valence-corrected chi connectivity index (χ4v) is 3.55. The second-order valence-electron chi connectivity index (χ2n) is 4.79. The predicted octanol–water partition coefficient (Wildman–Crippen LogP) is 3.37. The predicted molar refractivity (Wildman–Crippen MR) is 77.5 cm³/mol. The number of nitriles is 1. The molecule has 2 rings (SSSR count). The molecule has 3 heteroatoms. The van der Waals surface area contributed by atoms with Gasteiger partial charge in [0, 0.05) is 6.04 Å². The molecule has 0 amide bonds. The van der Waals surface area contributed by atoms with E-state index in [-0.39, 0.29) is 6.04 Å². The van der Waals surface area contributed by atoms with Crippen LogP contribution in [-0.4, -0.2) is 18.1 Å². The molecule has 1 aliphatic rings. The van der Waals surface area contributed by atoms with E-state index in [1.807, 2.05) is 18.2 Å². The summed E-state index contributed by atoms with van der Waals surface area (Å²) in [6, 6.07) is 12.8. The molecule has 0 saturated carbocycles. The SMILES string of the molecule is N#CCC(NCC1CCSCC1)c1ccccc1. The second-order valence-corrected chi connectivity index (χ2v) is 6.01. The molecule has 1 aromatic carbocycles. The molecular weight excluding hydrogens is 240 g/mol. The third kappa shape index (κ3) is 4.04.